The van der Waals surface area contributed by atoms with Gasteiger partial charge in [0.2, 0.25) is 0 Å². The zero-order valence-electron chi connectivity index (χ0n) is 10.8. The molecule has 4 nitrogen and oxygen atoms in total. The zero-order chi connectivity index (χ0) is 15.0. The van der Waals surface area contributed by atoms with Crippen LogP contribution in [0.25, 0.3) is 17.2 Å². The van der Waals surface area contributed by atoms with E-state index in [1.54, 1.807) is 12.3 Å². The van der Waals surface area contributed by atoms with Crippen molar-refractivity contribution in [1.82, 2.24) is 19.4 Å². The van der Waals surface area contributed by atoms with Crippen LogP contribution in [-0.2, 0) is 6.18 Å². The first-order valence-electron chi connectivity index (χ1n) is 5.91. The van der Waals surface area contributed by atoms with Crippen LogP contribution in [0.15, 0.2) is 41.8 Å². The first-order chi connectivity index (χ1) is 9.99. The fraction of sp³-hybridized carbons (Fsp3) is 0.154. The van der Waals surface area contributed by atoms with Crippen LogP contribution in [-0.4, -0.2) is 25.6 Å². The number of imidazole rings is 1. The van der Waals surface area contributed by atoms with E-state index in [2.05, 4.69) is 15.0 Å². The summed E-state index contributed by atoms with van der Waals surface area (Å²) in [4.78, 5) is 12.5. The van der Waals surface area contributed by atoms with Crippen LogP contribution in [0.1, 0.15) is 5.56 Å². The zero-order valence-corrected chi connectivity index (χ0v) is 11.6. The van der Waals surface area contributed by atoms with Gasteiger partial charge in [-0.2, -0.15) is 13.2 Å². The largest absolute Gasteiger partial charge is 0.417 e. The van der Waals surface area contributed by atoms with Crippen LogP contribution in [0.5, 0.6) is 0 Å². The van der Waals surface area contributed by atoms with E-state index in [-0.39, 0.29) is 0 Å². The topological polar surface area (TPSA) is 43.1 Å². The van der Waals surface area contributed by atoms with Crippen LogP contribution in [0.4, 0.5) is 13.2 Å². The van der Waals surface area contributed by atoms with Gasteiger partial charge in [0.05, 0.1) is 16.8 Å². The summed E-state index contributed by atoms with van der Waals surface area (Å²) in [7, 11) is 0. The lowest BCUT2D eigenvalue weighted by molar-refractivity contribution is -0.137. The maximum Gasteiger partial charge on any atom is 0.417 e. The maximum atomic E-state index is 12.8. The van der Waals surface area contributed by atoms with Gasteiger partial charge < -0.3 is 0 Å². The van der Waals surface area contributed by atoms with Gasteiger partial charge in [-0.3, -0.25) is 4.40 Å². The molecule has 0 spiro atoms. The summed E-state index contributed by atoms with van der Waals surface area (Å²) < 4.78 is 39.8. The van der Waals surface area contributed by atoms with Gasteiger partial charge in [-0.05, 0) is 24.5 Å². The van der Waals surface area contributed by atoms with Crippen LogP contribution < -0.4 is 0 Å². The average Bonchev–Trinajstić information content (AvgIpc) is 2.89. The number of aromatic nitrogens is 4. The van der Waals surface area contributed by atoms with Gasteiger partial charge in [-0.15, -0.1) is 11.8 Å². The molecule has 0 saturated heterocycles. The number of fused-ring (bicyclic) bond motifs is 1. The Labute approximate surface area is 122 Å². The average molecular weight is 310 g/mol. The van der Waals surface area contributed by atoms with Crippen molar-refractivity contribution in [1.29, 1.82) is 0 Å². The SMILES string of the molecule is CSc1ccnc(-c2cnc3ccc(C(F)(F)F)cn23)n1. The lowest BCUT2D eigenvalue weighted by Gasteiger charge is -2.08. The Kier molecular flexibility index (Phi) is 3.32. The van der Waals surface area contributed by atoms with Gasteiger partial charge in [-0.1, -0.05) is 0 Å². The van der Waals surface area contributed by atoms with Crippen LogP contribution >= 0.6 is 11.8 Å². The second kappa shape index (κ2) is 5.03. The van der Waals surface area contributed by atoms with Crippen molar-refractivity contribution in [3.8, 4) is 11.5 Å². The van der Waals surface area contributed by atoms with Crippen LogP contribution in [0.3, 0.4) is 0 Å². The van der Waals surface area contributed by atoms with E-state index in [0.717, 1.165) is 17.3 Å². The van der Waals surface area contributed by atoms with E-state index in [9.17, 15) is 13.2 Å². The van der Waals surface area contributed by atoms with E-state index >= 15 is 0 Å². The summed E-state index contributed by atoms with van der Waals surface area (Å²) in [6, 6.07) is 4.06. The molecule has 3 aromatic rings. The highest BCUT2D eigenvalue weighted by Gasteiger charge is 2.31. The molecule has 3 rings (SSSR count). The smallest absolute Gasteiger partial charge is 0.296 e. The third-order valence-corrected chi connectivity index (χ3v) is 3.55. The minimum Gasteiger partial charge on any atom is -0.296 e. The summed E-state index contributed by atoms with van der Waals surface area (Å²) >= 11 is 1.43. The predicted octanol–water partition coefficient (Wildman–Crippen LogP) is 3.53. The third kappa shape index (κ3) is 2.58. The first kappa shape index (κ1) is 13.9. The molecule has 0 radical (unpaired) electrons. The Bertz CT molecular complexity index is 797. The monoisotopic (exact) mass is 310 g/mol. The van der Waals surface area contributed by atoms with Gasteiger partial charge in [0.1, 0.15) is 11.3 Å². The Morgan fingerprint density at radius 2 is 1.95 bits per heavy atom. The van der Waals surface area contributed by atoms with Gasteiger partial charge in [0, 0.05) is 12.4 Å². The van der Waals surface area contributed by atoms with Gasteiger partial charge >= 0.3 is 6.18 Å². The fourth-order valence-electron chi connectivity index (χ4n) is 1.89. The quantitative estimate of drug-likeness (QED) is 0.536. The highest BCUT2D eigenvalue weighted by atomic mass is 32.2. The minimum atomic E-state index is -4.41. The van der Waals surface area contributed by atoms with Crippen molar-refractivity contribution in [2.45, 2.75) is 11.2 Å². The number of rotatable bonds is 2. The van der Waals surface area contributed by atoms with Crippen molar-refractivity contribution in [3.63, 3.8) is 0 Å². The molecule has 0 atom stereocenters. The molecule has 0 N–H and O–H groups in total. The normalized spacial score (nSPS) is 12.0. The lowest BCUT2D eigenvalue weighted by atomic mass is 10.2. The Balaban J connectivity index is 2.18. The fourth-order valence-corrected chi connectivity index (χ4v) is 2.27. The predicted molar refractivity (Wildman–Crippen MR) is 73.0 cm³/mol. The van der Waals surface area contributed by atoms with E-state index in [4.69, 9.17) is 0 Å². The van der Waals surface area contributed by atoms with Crippen LogP contribution in [0.2, 0.25) is 0 Å². The molecule has 108 valence electrons. The molecule has 3 heterocycles. The Hall–Kier alpha value is -2.09. The number of halogens is 3. The van der Waals surface area contributed by atoms with Gasteiger partial charge in [0.25, 0.3) is 0 Å². The molecule has 8 heteroatoms. The minimum absolute atomic E-state index is 0.341. The highest BCUT2D eigenvalue weighted by molar-refractivity contribution is 7.98. The second-order valence-electron chi connectivity index (χ2n) is 4.21. The standard InChI is InChI=1S/C13H9F3N4S/c1-21-11-4-5-17-12(19-11)9-6-18-10-3-2-8(7-20(9)10)13(14,15)16/h2-7H,1H3. The summed E-state index contributed by atoms with van der Waals surface area (Å²) in [5.41, 5.74) is 0.0958. The van der Waals surface area contributed by atoms with Gasteiger partial charge in [0.15, 0.2) is 5.82 Å². The van der Waals surface area contributed by atoms with E-state index in [1.807, 2.05) is 6.26 Å². The maximum absolute atomic E-state index is 12.8. The molecule has 0 unspecified atom stereocenters. The van der Waals surface area contributed by atoms with Gasteiger partial charge in [-0.25, -0.2) is 15.0 Å². The van der Waals surface area contributed by atoms with Crippen molar-refractivity contribution >= 4 is 17.4 Å². The summed E-state index contributed by atoms with van der Waals surface area (Å²) in [5, 5.41) is 0.738. The second-order valence-corrected chi connectivity index (χ2v) is 5.04. The molecule has 0 bridgehead atoms. The summed E-state index contributed by atoms with van der Waals surface area (Å²) in [6.07, 6.45) is 1.50. The number of hydrogen-bond acceptors (Lipinski definition) is 4. The highest BCUT2D eigenvalue weighted by Crippen LogP contribution is 2.30. The van der Waals surface area contributed by atoms with Crippen molar-refractivity contribution in [2.24, 2.45) is 0 Å². The number of nitrogens with zero attached hydrogens (tertiary/aromatic N) is 4. The summed E-state index contributed by atoms with van der Waals surface area (Å²) in [5.74, 6) is 0.341. The number of pyridine rings is 1. The third-order valence-electron chi connectivity index (χ3n) is 2.90. The number of thioether (sulfide) groups is 1. The molecule has 0 aromatic carbocycles. The molecular weight excluding hydrogens is 301 g/mol. The molecule has 3 aromatic heterocycles. The molecule has 0 fully saturated rings. The number of alkyl halides is 3. The first-order valence-corrected chi connectivity index (χ1v) is 7.13. The molecule has 0 aliphatic heterocycles. The van der Waals surface area contributed by atoms with Crippen molar-refractivity contribution in [2.75, 3.05) is 6.26 Å². The lowest BCUT2D eigenvalue weighted by Crippen LogP contribution is -2.06. The van der Waals surface area contributed by atoms with E-state index in [1.165, 1.54) is 28.4 Å². The van der Waals surface area contributed by atoms with Crippen LogP contribution in [0, 0.1) is 0 Å². The molecule has 0 saturated carbocycles. The molecule has 0 aliphatic rings. The van der Waals surface area contributed by atoms with Crippen molar-refractivity contribution in [3.05, 3.63) is 42.4 Å². The molecular formula is C13H9F3N4S. The van der Waals surface area contributed by atoms with E-state index < -0.39 is 11.7 Å². The molecule has 0 amide bonds. The van der Waals surface area contributed by atoms with E-state index in [0.29, 0.717) is 17.2 Å². The Morgan fingerprint density at radius 1 is 1.14 bits per heavy atom. The van der Waals surface area contributed by atoms with Crippen molar-refractivity contribution < 1.29 is 13.2 Å². The summed E-state index contributed by atoms with van der Waals surface area (Å²) in [6.45, 7) is 0. The number of hydrogen-bond donors (Lipinski definition) is 0. The molecule has 21 heavy (non-hydrogen) atoms. The Morgan fingerprint density at radius 3 is 2.67 bits per heavy atom. The molecule has 0 aliphatic carbocycles.